The third kappa shape index (κ3) is 2.94. The molecule has 20 heavy (non-hydrogen) atoms. The standard InChI is InChI=1S/C13H12N2O4S/c1-2-10(17)12(19)15-13-14-9(6-20-13)8-4-3-7(16)5-11(8)18/h3-6,16,18H,2H2,1H3,(H,14,15,19). The number of nitrogens with one attached hydrogen (secondary N) is 1. The highest BCUT2D eigenvalue weighted by Gasteiger charge is 2.14. The van der Waals surface area contributed by atoms with Crippen molar-refractivity contribution in [3.8, 4) is 22.8 Å². The largest absolute Gasteiger partial charge is 0.508 e. The lowest BCUT2D eigenvalue weighted by molar-refractivity contribution is -0.134. The van der Waals surface area contributed by atoms with Gasteiger partial charge in [0.25, 0.3) is 5.91 Å². The molecule has 1 heterocycles. The van der Waals surface area contributed by atoms with Gasteiger partial charge >= 0.3 is 0 Å². The Hall–Kier alpha value is -2.41. The molecule has 0 spiro atoms. The van der Waals surface area contributed by atoms with E-state index < -0.39 is 11.7 Å². The van der Waals surface area contributed by atoms with E-state index in [0.717, 1.165) is 11.3 Å². The number of carbonyl (C=O) groups excluding carboxylic acids is 2. The number of rotatable bonds is 4. The number of hydrogen-bond acceptors (Lipinski definition) is 6. The number of nitrogens with zero attached hydrogens (tertiary/aromatic N) is 1. The summed E-state index contributed by atoms with van der Waals surface area (Å²) in [6.07, 6.45) is 0.128. The summed E-state index contributed by atoms with van der Waals surface area (Å²) in [5.41, 5.74) is 0.883. The minimum atomic E-state index is -0.705. The van der Waals surface area contributed by atoms with Crippen molar-refractivity contribution >= 4 is 28.2 Å². The van der Waals surface area contributed by atoms with E-state index in [-0.39, 0.29) is 23.1 Å². The Kier molecular flexibility index (Phi) is 3.99. The fourth-order valence-corrected chi connectivity index (χ4v) is 2.22. The maximum atomic E-state index is 11.4. The highest BCUT2D eigenvalue weighted by Crippen LogP contribution is 2.33. The van der Waals surface area contributed by atoms with Crippen molar-refractivity contribution in [3.05, 3.63) is 23.6 Å². The lowest BCUT2D eigenvalue weighted by Gasteiger charge is -2.01. The van der Waals surface area contributed by atoms with Gasteiger partial charge in [-0.2, -0.15) is 0 Å². The summed E-state index contributed by atoms with van der Waals surface area (Å²) < 4.78 is 0. The fourth-order valence-electron chi connectivity index (χ4n) is 1.52. The van der Waals surface area contributed by atoms with Crippen LogP contribution < -0.4 is 5.32 Å². The van der Waals surface area contributed by atoms with Crippen molar-refractivity contribution in [2.45, 2.75) is 13.3 Å². The predicted octanol–water partition coefficient (Wildman–Crippen LogP) is 2.14. The fraction of sp³-hybridized carbons (Fsp3) is 0.154. The number of aromatic hydroxyl groups is 2. The van der Waals surface area contributed by atoms with Gasteiger partial charge in [0.2, 0.25) is 5.78 Å². The molecule has 1 aromatic carbocycles. The van der Waals surface area contributed by atoms with Crippen molar-refractivity contribution in [2.24, 2.45) is 0 Å². The monoisotopic (exact) mass is 292 g/mol. The molecule has 2 rings (SSSR count). The number of phenolic OH excluding ortho intramolecular Hbond substituents is 2. The molecule has 0 fully saturated rings. The van der Waals surface area contributed by atoms with Gasteiger partial charge in [0.15, 0.2) is 5.13 Å². The number of thiazole rings is 1. The third-order valence-corrected chi connectivity index (χ3v) is 3.31. The Morgan fingerprint density at radius 3 is 2.75 bits per heavy atom. The molecule has 0 aliphatic heterocycles. The van der Waals surface area contributed by atoms with Gasteiger partial charge in [0.1, 0.15) is 11.5 Å². The van der Waals surface area contributed by atoms with E-state index in [2.05, 4.69) is 10.3 Å². The molecule has 0 unspecified atom stereocenters. The lowest BCUT2D eigenvalue weighted by Crippen LogP contribution is -2.21. The number of aromatic nitrogens is 1. The van der Waals surface area contributed by atoms with Crippen LogP contribution in [0.4, 0.5) is 5.13 Å². The van der Waals surface area contributed by atoms with Crippen molar-refractivity contribution in [3.63, 3.8) is 0 Å². The molecule has 7 heteroatoms. The second-order valence-corrected chi connectivity index (χ2v) is 4.83. The number of benzene rings is 1. The minimum absolute atomic E-state index is 0.0523. The van der Waals surface area contributed by atoms with E-state index in [1.54, 1.807) is 12.3 Å². The van der Waals surface area contributed by atoms with E-state index in [9.17, 15) is 19.8 Å². The van der Waals surface area contributed by atoms with Crippen molar-refractivity contribution < 1.29 is 19.8 Å². The molecule has 1 aromatic heterocycles. The number of hydrogen-bond donors (Lipinski definition) is 3. The van der Waals surface area contributed by atoms with Crippen LogP contribution >= 0.6 is 11.3 Å². The maximum Gasteiger partial charge on any atom is 0.293 e. The van der Waals surface area contributed by atoms with Gasteiger partial charge in [-0.05, 0) is 12.1 Å². The van der Waals surface area contributed by atoms with Crippen LogP contribution in [0.25, 0.3) is 11.3 Å². The van der Waals surface area contributed by atoms with Crippen LogP contribution in [0, 0.1) is 0 Å². The first-order chi connectivity index (χ1) is 9.51. The Bertz CT molecular complexity index is 666. The van der Waals surface area contributed by atoms with Crippen molar-refractivity contribution in [1.29, 1.82) is 0 Å². The Balaban J connectivity index is 2.21. The van der Waals surface area contributed by atoms with Gasteiger partial charge in [-0.1, -0.05) is 6.92 Å². The lowest BCUT2D eigenvalue weighted by atomic mass is 10.1. The Morgan fingerprint density at radius 2 is 2.10 bits per heavy atom. The van der Waals surface area contributed by atoms with Crippen LogP contribution in [0.2, 0.25) is 0 Å². The van der Waals surface area contributed by atoms with Gasteiger partial charge in [0, 0.05) is 23.4 Å². The average Bonchev–Trinajstić information content (AvgIpc) is 2.85. The van der Waals surface area contributed by atoms with Crippen molar-refractivity contribution in [2.75, 3.05) is 5.32 Å². The van der Waals surface area contributed by atoms with Gasteiger partial charge in [-0.25, -0.2) is 4.98 Å². The van der Waals surface area contributed by atoms with Gasteiger partial charge in [-0.15, -0.1) is 11.3 Å². The topological polar surface area (TPSA) is 99.5 Å². The summed E-state index contributed by atoms with van der Waals surface area (Å²) in [4.78, 5) is 26.7. The molecule has 0 radical (unpaired) electrons. The van der Waals surface area contributed by atoms with E-state index in [1.807, 2.05) is 0 Å². The summed E-state index contributed by atoms with van der Waals surface area (Å²) in [6.45, 7) is 1.60. The molecule has 3 N–H and O–H groups in total. The SMILES string of the molecule is CCC(=O)C(=O)Nc1nc(-c2ccc(O)cc2O)cs1. The maximum absolute atomic E-state index is 11.4. The average molecular weight is 292 g/mol. The first-order valence-corrected chi connectivity index (χ1v) is 6.71. The molecule has 6 nitrogen and oxygen atoms in total. The van der Waals surface area contributed by atoms with Crippen LogP contribution in [-0.2, 0) is 9.59 Å². The molecule has 1 amide bonds. The molecule has 0 bridgehead atoms. The summed E-state index contributed by atoms with van der Waals surface area (Å²) in [5, 5.41) is 23.3. The molecule has 0 saturated heterocycles. The van der Waals surface area contributed by atoms with Crippen LogP contribution in [0.5, 0.6) is 11.5 Å². The van der Waals surface area contributed by atoms with Crippen LogP contribution in [0.3, 0.4) is 0 Å². The smallest absolute Gasteiger partial charge is 0.293 e. The van der Waals surface area contributed by atoms with Gasteiger partial charge in [-0.3, -0.25) is 14.9 Å². The Labute approximate surface area is 118 Å². The van der Waals surface area contributed by atoms with Gasteiger partial charge in [0.05, 0.1) is 5.69 Å². The second-order valence-electron chi connectivity index (χ2n) is 3.97. The zero-order valence-corrected chi connectivity index (χ0v) is 11.4. The summed E-state index contributed by atoms with van der Waals surface area (Å²) in [7, 11) is 0. The molecule has 0 saturated carbocycles. The quantitative estimate of drug-likeness (QED) is 0.750. The number of Topliss-reactive ketones (excluding diaryl/α,β-unsaturated/α-hetero) is 1. The van der Waals surface area contributed by atoms with Crippen LogP contribution in [-0.4, -0.2) is 26.9 Å². The van der Waals surface area contributed by atoms with E-state index in [0.29, 0.717) is 11.3 Å². The summed E-state index contributed by atoms with van der Waals surface area (Å²) in [5.74, 6) is -1.39. The van der Waals surface area contributed by atoms with E-state index in [1.165, 1.54) is 18.2 Å². The molecular formula is C13H12N2O4S. The normalized spacial score (nSPS) is 10.2. The summed E-state index contributed by atoms with van der Waals surface area (Å²) >= 11 is 1.14. The van der Waals surface area contributed by atoms with Crippen molar-refractivity contribution in [1.82, 2.24) is 4.98 Å². The zero-order valence-electron chi connectivity index (χ0n) is 10.6. The highest BCUT2D eigenvalue weighted by atomic mass is 32.1. The van der Waals surface area contributed by atoms with E-state index >= 15 is 0 Å². The Morgan fingerprint density at radius 1 is 1.35 bits per heavy atom. The molecule has 104 valence electrons. The first kappa shape index (κ1) is 14.0. The zero-order chi connectivity index (χ0) is 14.7. The molecule has 2 aromatic rings. The van der Waals surface area contributed by atoms with E-state index in [4.69, 9.17) is 0 Å². The number of carbonyl (C=O) groups is 2. The van der Waals surface area contributed by atoms with Gasteiger partial charge < -0.3 is 10.2 Å². The minimum Gasteiger partial charge on any atom is -0.508 e. The van der Waals surface area contributed by atoms with Crippen LogP contribution in [0.1, 0.15) is 13.3 Å². The number of amides is 1. The molecule has 0 aliphatic carbocycles. The number of ketones is 1. The molecular weight excluding hydrogens is 280 g/mol. The molecule has 0 aliphatic rings. The summed E-state index contributed by atoms with van der Waals surface area (Å²) in [6, 6.07) is 4.14. The highest BCUT2D eigenvalue weighted by molar-refractivity contribution is 7.14. The third-order valence-electron chi connectivity index (χ3n) is 2.56. The molecule has 0 atom stereocenters. The predicted molar refractivity (Wildman–Crippen MR) is 74.8 cm³/mol. The first-order valence-electron chi connectivity index (χ1n) is 5.83. The second kappa shape index (κ2) is 5.70. The number of phenols is 2. The number of anilines is 1. The van der Waals surface area contributed by atoms with Crippen LogP contribution in [0.15, 0.2) is 23.6 Å².